The zero-order chi connectivity index (χ0) is 15.9. The molecule has 0 amide bonds. The van der Waals surface area contributed by atoms with Crippen LogP contribution in [0, 0.1) is 0 Å². The molecule has 0 atom stereocenters. The molecule has 116 valence electrons. The third-order valence-electron chi connectivity index (χ3n) is 3.41. The Labute approximate surface area is 146 Å². The molecule has 0 radical (unpaired) electrons. The van der Waals surface area contributed by atoms with Crippen LogP contribution >= 0.6 is 24.0 Å². The molecule has 3 rings (SSSR count). The van der Waals surface area contributed by atoms with E-state index in [9.17, 15) is 0 Å². The Bertz CT molecular complexity index is 787. The maximum absolute atomic E-state index is 5.36. The van der Waals surface area contributed by atoms with Crippen molar-refractivity contribution in [1.82, 2.24) is 5.32 Å². The van der Waals surface area contributed by atoms with Crippen molar-refractivity contribution >= 4 is 45.6 Å². The summed E-state index contributed by atoms with van der Waals surface area (Å²) in [5.41, 5.74) is 1.01. The maximum atomic E-state index is 5.36. The van der Waals surface area contributed by atoms with Crippen LogP contribution in [0.1, 0.15) is 0 Å². The second-order valence-corrected chi connectivity index (χ2v) is 6.68. The summed E-state index contributed by atoms with van der Waals surface area (Å²) in [4.78, 5) is 1.28. The van der Waals surface area contributed by atoms with Gasteiger partial charge in [0.25, 0.3) is 0 Å². The quantitative estimate of drug-likeness (QED) is 0.392. The summed E-state index contributed by atoms with van der Waals surface area (Å²) >= 11 is 7.18. The van der Waals surface area contributed by atoms with E-state index in [0.717, 1.165) is 18.0 Å². The van der Waals surface area contributed by atoms with Gasteiger partial charge in [-0.15, -0.1) is 11.8 Å². The number of hydrogen-bond acceptors (Lipinski definition) is 2. The summed E-state index contributed by atoms with van der Waals surface area (Å²) in [6.45, 7) is 0.832. The molecular formula is C19H18N2S2. The molecule has 4 heteroatoms. The Morgan fingerprint density at radius 3 is 2.43 bits per heavy atom. The molecule has 2 nitrogen and oxygen atoms in total. The lowest BCUT2D eigenvalue weighted by molar-refractivity contribution is 0.990. The van der Waals surface area contributed by atoms with E-state index >= 15 is 0 Å². The van der Waals surface area contributed by atoms with Gasteiger partial charge in [0.1, 0.15) is 0 Å². The number of anilines is 1. The van der Waals surface area contributed by atoms with Gasteiger partial charge in [0.05, 0.1) is 0 Å². The number of rotatable bonds is 5. The largest absolute Gasteiger partial charge is 0.362 e. The van der Waals surface area contributed by atoms with Gasteiger partial charge in [0.15, 0.2) is 5.11 Å². The van der Waals surface area contributed by atoms with Crippen LogP contribution in [-0.2, 0) is 0 Å². The minimum absolute atomic E-state index is 0.661. The highest BCUT2D eigenvalue weighted by Crippen LogP contribution is 2.19. The molecule has 0 aliphatic heterocycles. The van der Waals surface area contributed by atoms with Crippen LogP contribution in [0.2, 0.25) is 0 Å². The van der Waals surface area contributed by atoms with Crippen molar-refractivity contribution in [2.24, 2.45) is 0 Å². The monoisotopic (exact) mass is 338 g/mol. The molecular weight excluding hydrogens is 320 g/mol. The Morgan fingerprint density at radius 2 is 1.61 bits per heavy atom. The van der Waals surface area contributed by atoms with Crippen molar-refractivity contribution in [3.8, 4) is 0 Å². The second kappa shape index (κ2) is 7.99. The lowest BCUT2D eigenvalue weighted by atomic mass is 10.1. The molecule has 0 aromatic heterocycles. The number of nitrogens with one attached hydrogen (secondary N) is 2. The molecule has 23 heavy (non-hydrogen) atoms. The minimum Gasteiger partial charge on any atom is -0.362 e. The molecule has 0 unspecified atom stereocenters. The predicted octanol–water partition coefficient (Wildman–Crippen LogP) is 4.92. The minimum atomic E-state index is 0.661. The van der Waals surface area contributed by atoms with Gasteiger partial charge >= 0.3 is 0 Å². The SMILES string of the molecule is S=C(NCCSc1ccccc1)Nc1ccc2ccccc2c1. The number of fused-ring (bicyclic) bond motifs is 1. The highest BCUT2D eigenvalue weighted by molar-refractivity contribution is 7.99. The van der Waals surface area contributed by atoms with Crippen molar-refractivity contribution in [2.45, 2.75) is 4.90 Å². The van der Waals surface area contributed by atoms with Crippen LogP contribution < -0.4 is 10.6 Å². The summed E-state index contributed by atoms with van der Waals surface area (Å²) in [5.74, 6) is 0.976. The van der Waals surface area contributed by atoms with Gasteiger partial charge in [-0.25, -0.2) is 0 Å². The standard InChI is InChI=1S/C19H18N2S2/c22-19(20-12-13-23-18-8-2-1-3-9-18)21-17-11-10-15-6-4-5-7-16(15)14-17/h1-11,14H,12-13H2,(H2,20,21,22). The van der Waals surface area contributed by atoms with Gasteiger partial charge in [-0.1, -0.05) is 48.5 Å². The first-order valence-corrected chi connectivity index (χ1v) is 8.92. The summed E-state index contributed by atoms with van der Waals surface area (Å²) in [5, 5.41) is 9.59. The van der Waals surface area contributed by atoms with Crippen molar-refractivity contribution < 1.29 is 0 Å². The topological polar surface area (TPSA) is 24.1 Å². The molecule has 0 aliphatic rings. The van der Waals surface area contributed by atoms with Gasteiger partial charge < -0.3 is 10.6 Å². The lowest BCUT2D eigenvalue weighted by Gasteiger charge is -2.11. The Hall–Kier alpha value is -2.04. The van der Waals surface area contributed by atoms with Crippen LogP contribution in [0.4, 0.5) is 5.69 Å². The Morgan fingerprint density at radius 1 is 0.870 bits per heavy atom. The average Bonchev–Trinajstić information content (AvgIpc) is 2.59. The zero-order valence-electron chi connectivity index (χ0n) is 12.7. The third-order valence-corrected chi connectivity index (χ3v) is 4.67. The third kappa shape index (κ3) is 4.71. The highest BCUT2D eigenvalue weighted by Gasteiger charge is 1.99. The molecule has 0 saturated carbocycles. The van der Waals surface area contributed by atoms with E-state index in [1.54, 1.807) is 0 Å². The lowest BCUT2D eigenvalue weighted by Crippen LogP contribution is -2.30. The molecule has 3 aromatic carbocycles. The summed E-state index contributed by atoms with van der Waals surface area (Å²) in [6.07, 6.45) is 0. The molecule has 3 aromatic rings. The predicted molar refractivity (Wildman–Crippen MR) is 105 cm³/mol. The normalized spacial score (nSPS) is 10.4. The van der Waals surface area contributed by atoms with Crippen LogP contribution in [0.5, 0.6) is 0 Å². The van der Waals surface area contributed by atoms with E-state index in [1.807, 2.05) is 30.0 Å². The summed E-state index contributed by atoms with van der Waals surface area (Å²) < 4.78 is 0. The molecule has 0 bridgehead atoms. The van der Waals surface area contributed by atoms with E-state index in [0.29, 0.717) is 5.11 Å². The zero-order valence-corrected chi connectivity index (χ0v) is 14.3. The number of benzene rings is 3. The first-order chi connectivity index (χ1) is 11.3. The van der Waals surface area contributed by atoms with E-state index < -0.39 is 0 Å². The molecule has 2 N–H and O–H groups in total. The average molecular weight is 339 g/mol. The van der Waals surface area contributed by atoms with Crippen molar-refractivity contribution in [2.75, 3.05) is 17.6 Å². The molecule has 0 fully saturated rings. The summed E-state index contributed by atoms with van der Waals surface area (Å²) in [7, 11) is 0. The fourth-order valence-electron chi connectivity index (χ4n) is 2.29. The maximum Gasteiger partial charge on any atom is 0.170 e. The van der Waals surface area contributed by atoms with Crippen molar-refractivity contribution in [3.05, 3.63) is 72.8 Å². The van der Waals surface area contributed by atoms with Crippen molar-refractivity contribution in [3.63, 3.8) is 0 Å². The highest BCUT2D eigenvalue weighted by atomic mass is 32.2. The van der Waals surface area contributed by atoms with Gasteiger partial charge in [0, 0.05) is 22.9 Å². The fourth-order valence-corrected chi connectivity index (χ4v) is 3.30. The molecule has 0 saturated heterocycles. The first kappa shape index (κ1) is 15.8. The van der Waals surface area contributed by atoms with Gasteiger partial charge in [-0.2, -0.15) is 0 Å². The Kier molecular flexibility index (Phi) is 5.51. The first-order valence-electron chi connectivity index (χ1n) is 7.53. The summed E-state index contributed by atoms with van der Waals surface area (Å²) in [6, 6.07) is 25.0. The van der Waals surface area contributed by atoms with Crippen LogP contribution in [0.15, 0.2) is 77.7 Å². The number of thiocarbonyl (C=S) groups is 1. The fraction of sp³-hybridized carbons (Fsp3) is 0.105. The molecule has 0 spiro atoms. The van der Waals surface area contributed by atoms with E-state index in [-0.39, 0.29) is 0 Å². The van der Waals surface area contributed by atoms with Gasteiger partial charge in [0.2, 0.25) is 0 Å². The van der Waals surface area contributed by atoms with E-state index in [1.165, 1.54) is 15.7 Å². The van der Waals surface area contributed by atoms with E-state index in [2.05, 4.69) is 65.2 Å². The van der Waals surface area contributed by atoms with E-state index in [4.69, 9.17) is 12.2 Å². The second-order valence-electron chi connectivity index (χ2n) is 5.10. The Balaban J connectivity index is 1.46. The smallest absolute Gasteiger partial charge is 0.170 e. The van der Waals surface area contributed by atoms with Crippen LogP contribution in [-0.4, -0.2) is 17.4 Å². The molecule has 0 aliphatic carbocycles. The van der Waals surface area contributed by atoms with Crippen LogP contribution in [0.25, 0.3) is 10.8 Å². The van der Waals surface area contributed by atoms with Gasteiger partial charge in [-0.3, -0.25) is 0 Å². The van der Waals surface area contributed by atoms with Gasteiger partial charge in [-0.05, 0) is 47.3 Å². The van der Waals surface area contributed by atoms with Crippen molar-refractivity contribution in [1.29, 1.82) is 0 Å². The van der Waals surface area contributed by atoms with Crippen LogP contribution in [0.3, 0.4) is 0 Å². The number of thioether (sulfide) groups is 1. The molecule has 0 heterocycles. The number of hydrogen-bond donors (Lipinski definition) is 2.